The van der Waals surface area contributed by atoms with Crippen LogP contribution in [0.25, 0.3) is 0 Å². The summed E-state index contributed by atoms with van der Waals surface area (Å²) in [7, 11) is 1.75. The number of carboxylic acids is 1. The highest BCUT2D eigenvalue weighted by molar-refractivity contribution is 5.79. The lowest BCUT2D eigenvalue weighted by molar-refractivity contribution is -0.148. The van der Waals surface area contributed by atoms with Crippen molar-refractivity contribution in [1.82, 2.24) is 10.2 Å². The number of rotatable bonds is 3. The molecule has 4 unspecified atom stereocenters. The van der Waals surface area contributed by atoms with E-state index in [-0.39, 0.29) is 24.2 Å². The number of carboxylic acid groups (broad SMARTS) is 1. The van der Waals surface area contributed by atoms with Crippen LogP contribution >= 0.6 is 0 Å². The van der Waals surface area contributed by atoms with E-state index in [9.17, 15) is 14.7 Å². The van der Waals surface area contributed by atoms with Crippen LogP contribution in [0, 0.1) is 5.41 Å². The topological polar surface area (TPSA) is 78.9 Å². The van der Waals surface area contributed by atoms with Crippen LogP contribution in [0.5, 0.6) is 0 Å². The molecule has 4 atom stereocenters. The molecular formula is C14H24N2O4. The molecule has 2 N–H and O–H groups in total. The van der Waals surface area contributed by atoms with E-state index in [1.165, 1.54) is 0 Å². The van der Waals surface area contributed by atoms with Crippen LogP contribution in [0.15, 0.2) is 0 Å². The van der Waals surface area contributed by atoms with Crippen LogP contribution in [-0.2, 0) is 9.53 Å². The van der Waals surface area contributed by atoms with E-state index < -0.39 is 11.4 Å². The summed E-state index contributed by atoms with van der Waals surface area (Å²) < 4.78 is 5.47. The first-order valence-corrected chi connectivity index (χ1v) is 7.24. The van der Waals surface area contributed by atoms with Gasteiger partial charge < -0.3 is 20.1 Å². The number of ether oxygens (including phenoxy) is 1. The zero-order valence-corrected chi connectivity index (χ0v) is 12.4. The Bertz CT molecular complexity index is 401. The second kappa shape index (κ2) is 5.60. The zero-order valence-electron chi connectivity index (χ0n) is 12.4. The maximum atomic E-state index is 12.3. The van der Waals surface area contributed by atoms with E-state index in [2.05, 4.69) is 5.32 Å². The molecule has 0 bridgehead atoms. The van der Waals surface area contributed by atoms with Gasteiger partial charge in [0.15, 0.2) is 0 Å². The van der Waals surface area contributed by atoms with Crippen LogP contribution in [-0.4, -0.2) is 53.8 Å². The number of urea groups is 1. The van der Waals surface area contributed by atoms with Crippen LogP contribution < -0.4 is 5.32 Å². The number of nitrogens with one attached hydrogen (secondary N) is 1. The van der Waals surface area contributed by atoms with Crippen molar-refractivity contribution in [2.45, 2.75) is 57.7 Å². The van der Waals surface area contributed by atoms with Gasteiger partial charge in [-0.05, 0) is 33.1 Å². The zero-order chi connectivity index (χ0) is 14.9. The standard InChI is InChI=1S/C14H24N2O4/c1-9-10(6-8-20-9)16(3)13(19)15-11-5-4-7-14(11,2)12(17)18/h9-11H,4-8H2,1-3H3,(H,15,19)(H,17,18). The van der Waals surface area contributed by atoms with Gasteiger partial charge in [-0.3, -0.25) is 4.79 Å². The van der Waals surface area contributed by atoms with Gasteiger partial charge in [0.2, 0.25) is 0 Å². The van der Waals surface area contributed by atoms with Crippen LogP contribution in [0.1, 0.15) is 39.5 Å². The fourth-order valence-electron chi connectivity index (χ4n) is 3.28. The largest absolute Gasteiger partial charge is 0.481 e. The van der Waals surface area contributed by atoms with Crippen molar-refractivity contribution in [3.05, 3.63) is 0 Å². The molecule has 2 amide bonds. The first-order chi connectivity index (χ1) is 9.36. The van der Waals surface area contributed by atoms with Gasteiger partial charge in [0.1, 0.15) is 0 Å². The highest BCUT2D eigenvalue weighted by atomic mass is 16.5. The lowest BCUT2D eigenvalue weighted by atomic mass is 9.85. The van der Waals surface area contributed by atoms with Crippen molar-refractivity contribution in [3.63, 3.8) is 0 Å². The molecule has 1 heterocycles. The molecule has 1 aliphatic heterocycles. The number of carbonyl (C=O) groups is 2. The Labute approximate surface area is 119 Å². The highest BCUT2D eigenvalue weighted by Gasteiger charge is 2.46. The molecule has 0 spiro atoms. The van der Waals surface area contributed by atoms with Gasteiger partial charge in [-0.15, -0.1) is 0 Å². The van der Waals surface area contributed by atoms with Crippen molar-refractivity contribution in [3.8, 4) is 0 Å². The number of nitrogens with zero attached hydrogens (tertiary/aromatic N) is 1. The third-order valence-corrected chi connectivity index (χ3v) is 4.90. The maximum absolute atomic E-state index is 12.3. The lowest BCUT2D eigenvalue weighted by Gasteiger charge is -2.32. The van der Waals surface area contributed by atoms with Gasteiger partial charge in [0.05, 0.1) is 17.6 Å². The molecule has 6 nitrogen and oxygen atoms in total. The molecule has 1 saturated carbocycles. The van der Waals surface area contributed by atoms with Crippen molar-refractivity contribution in [2.75, 3.05) is 13.7 Å². The van der Waals surface area contributed by atoms with E-state index >= 15 is 0 Å². The Kier molecular flexibility index (Phi) is 4.22. The first-order valence-electron chi connectivity index (χ1n) is 7.24. The summed E-state index contributed by atoms with van der Waals surface area (Å²) >= 11 is 0. The smallest absolute Gasteiger partial charge is 0.317 e. The molecule has 6 heteroatoms. The highest BCUT2D eigenvalue weighted by Crippen LogP contribution is 2.38. The quantitative estimate of drug-likeness (QED) is 0.822. The summed E-state index contributed by atoms with van der Waals surface area (Å²) in [6.45, 7) is 4.34. The van der Waals surface area contributed by atoms with Crippen LogP contribution in [0.3, 0.4) is 0 Å². The third-order valence-electron chi connectivity index (χ3n) is 4.90. The molecule has 0 aromatic heterocycles. The molecule has 0 aromatic carbocycles. The molecule has 2 rings (SSSR count). The van der Waals surface area contributed by atoms with Crippen LogP contribution in [0.2, 0.25) is 0 Å². The normalized spacial score (nSPS) is 36.9. The summed E-state index contributed by atoms with van der Waals surface area (Å²) in [5.74, 6) is -0.833. The summed E-state index contributed by atoms with van der Waals surface area (Å²) in [6.07, 6.45) is 3.02. The van der Waals surface area contributed by atoms with Gasteiger partial charge in [-0.1, -0.05) is 6.42 Å². The molecule has 1 aliphatic carbocycles. The molecule has 20 heavy (non-hydrogen) atoms. The van der Waals surface area contributed by atoms with Gasteiger partial charge in [-0.25, -0.2) is 4.79 Å². The number of aliphatic carboxylic acids is 1. The predicted molar refractivity (Wildman–Crippen MR) is 73.5 cm³/mol. The second-order valence-electron chi connectivity index (χ2n) is 6.16. The average Bonchev–Trinajstić information content (AvgIpc) is 2.96. The van der Waals surface area contributed by atoms with Crippen molar-refractivity contribution in [1.29, 1.82) is 0 Å². The Hall–Kier alpha value is -1.30. The monoisotopic (exact) mass is 284 g/mol. The molecular weight excluding hydrogens is 260 g/mol. The fraction of sp³-hybridized carbons (Fsp3) is 0.857. The van der Waals surface area contributed by atoms with Gasteiger partial charge in [0, 0.05) is 19.7 Å². The number of amides is 2. The van der Waals surface area contributed by atoms with E-state index in [0.717, 1.165) is 19.3 Å². The molecule has 1 saturated heterocycles. The Morgan fingerprint density at radius 3 is 2.65 bits per heavy atom. The molecule has 0 radical (unpaired) electrons. The third kappa shape index (κ3) is 2.61. The minimum absolute atomic E-state index is 0.0279. The van der Waals surface area contributed by atoms with Crippen molar-refractivity contribution >= 4 is 12.0 Å². The molecule has 0 aromatic rings. The fourth-order valence-corrected chi connectivity index (χ4v) is 3.28. The van der Waals surface area contributed by atoms with Gasteiger partial charge in [0.25, 0.3) is 0 Å². The minimum atomic E-state index is -0.853. The van der Waals surface area contributed by atoms with Crippen molar-refractivity contribution in [2.24, 2.45) is 5.41 Å². The van der Waals surface area contributed by atoms with Gasteiger partial charge >= 0.3 is 12.0 Å². The van der Waals surface area contributed by atoms with E-state index in [0.29, 0.717) is 13.0 Å². The van der Waals surface area contributed by atoms with Crippen molar-refractivity contribution < 1.29 is 19.4 Å². The molecule has 114 valence electrons. The first kappa shape index (κ1) is 15.1. The van der Waals surface area contributed by atoms with E-state index in [1.54, 1.807) is 18.9 Å². The molecule has 2 aliphatic rings. The molecule has 2 fully saturated rings. The second-order valence-corrected chi connectivity index (χ2v) is 6.16. The summed E-state index contributed by atoms with van der Waals surface area (Å²) in [4.78, 5) is 25.4. The number of carbonyl (C=O) groups excluding carboxylic acids is 1. The minimum Gasteiger partial charge on any atom is -0.481 e. The van der Waals surface area contributed by atoms with E-state index in [1.807, 2.05) is 6.92 Å². The Morgan fingerprint density at radius 2 is 2.10 bits per heavy atom. The van der Waals surface area contributed by atoms with Gasteiger partial charge in [-0.2, -0.15) is 0 Å². The number of hydrogen-bond donors (Lipinski definition) is 2. The van der Waals surface area contributed by atoms with Crippen LogP contribution in [0.4, 0.5) is 4.79 Å². The van der Waals surface area contributed by atoms with E-state index in [4.69, 9.17) is 4.74 Å². The lowest BCUT2D eigenvalue weighted by Crippen LogP contribution is -2.53. The average molecular weight is 284 g/mol. The number of hydrogen-bond acceptors (Lipinski definition) is 3. The Balaban J connectivity index is 1.99. The summed E-state index contributed by atoms with van der Waals surface area (Å²) in [6, 6.07) is -0.438. The predicted octanol–water partition coefficient (Wildman–Crippen LogP) is 1.45. The SMILES string of the molecule is CC1OCCC1N(C)C(=O)NC1CCCC1(C)C(=O)O. The Morgan fingerprint density at radius 1 is 1.40 bits per heavy atom. The maximum Gasteiger partial charge on any atom is 0.317 e. The summed E-state index contributed by atoms with van der Waals surface area (Å²) in [5, 5.41) is 12.3. The summed E-state index contributed by atoms with van der Waals surface area (Å²) in [5.41, 5.74) is -0.853. The number of likely N-dealkylation sites (N-methyl/N-ethyl adjacent to an activating group) is 1.